The molecule has 0 aliphatic heterocycles. The molecule has 1 N–H and O–H groups in total. The Hall–Kier alpha value is -2.10. The molecule has 0 saturated heterocycles. The number of hydrogen-bond donors (Lipinski definition) is 1. The summed E-state index contributed by atoms with van der Waals surface area (Å²) >= 11 is 0. The third-order valence-electron chi connectivity index (χ3n) is 2.89. The van der Waals surface area contributed by atoms with Crippen molar-refractivity contribution >= 4 is 5.91 Å². The van der Waals surface area contributed by atoms with Gasteiger partial charge in [0.1, 0.15) is 0 Å². The Morgan fingerprint density at radius 2 is 2.00 bits per heavy atom. The van der Waals surface area contributed by atoms with Crippen LogP contribution in [0.4, 0.5) is 0 Å². The van der Waals surface area contributed by atoms with Gasteiger partial charge in [0.25, 0.3) is 5.91 Å². The fourth-order valence-corrected chi connectivity index (χ4v) is 1.73. The summed E-state index contributed by atoms with van der Waals surface area (Å²) in [5.74, 6) is -0.0636. The van der Waals surface area contributed by atoms with Gasteiger partial charge in [0, 0.05) is 24.4 Å². The summed E-state index contributed by atoms with van der Waals surface area (Å²) in [5.41, 5.74) is 2.82. The van der Waals surface area contributed by atoms with E-state index >= 15 is 0 Å². The summed E-state index contributed by atoms with van der Waals surface area (Å²) in [6.07, 6.45) is 3.67. The number of amides is 1. The van der Waals surface area contributed by atoms with Crippen molar-refractivity contribution in [2.24, 2.45) is 7.05 Å². The van der Waals surface area contributed by atoms with Gasteiger partial charge in [-0.1, -0.05) is 17.7 Å². The van der Waals surface area contributed by atoms with Crippen LogP contribution in [-0.4, -0.2) is 15.7 Å². The topological polar surface area (TPSA) is 46.9 Å². The molecule has 0 radical (unpaired) electrons. The van der Waals surface area contributed by atoms with E-state index < -0.39 is 0 Å². The van der Waals surface area contributed by atoms with Gasteiger partial charge in [-0.25, -0.2) is 0 Å². The lowest BCUT2D eigenvalue weighted by Gasteiger charge is -2.12. The molecule has 94 valence electrons. The molecule has 1 aromatic heterocycles. The molecule has 0 spiro atoms. The molecule has 0 saturated carbocycles. The Morgan fingerprint density at radius 3 is 2.56 bits per heavy atom. The molecule has 1 atom stereocenters. The highest BCUT2D eigenvalue weighted by atomic mass is 16.1. The highest BCUT2D eigenvalue weighted by Gasteiger charge is 2.12. The minimum Gasteiger partial charge on any atom is -0.345 e. The summed E-state index contributed by atoms with van der Waals surface area (Å²) in [5, 5.41) is 7.05. The van der Waals surface area contributed by atoms with Crippen LogP contribution >= 0.6 is 0 Å². The van der Waals surface area contributed by atoms with E-state index in [9.17, 15) is 4.79 Å². The molecule has 4 nitrogen and oxygen atoms in total. The number of carbonyl (C=O) groups excluding carboxylic acids is 1. The van der Waals surface area contributed by atoms with Gasteiger partial charge < -0.3 is 5.32 Å². The molecular formula is C14H17N3O. The van der Waals surface area contributed by atoms with E-state index in [0.29, 0.717) is 5.56 Å². The number of rotatable bonds is 3. The van der Waals surface area contributed by atoms with Crippen LogP contribution in [0.25, 0.3) is 0 Å². The molecule has 1 amide bonds. The minimum atomic E-state index is -0.0636. The van der Waals surface area contributed by atoms with Crippen molar-refractivity contribution < 1.29 is 4.79 Å². The third kappa shape index (κ3) is 2.77. The molecular weight excluding hydrogens is 226 g/mol. The van der Waals surface area contributed by atoms with E-state index in [0.717, 1.165) is 11.1 Å². The van der Waals surface area contributed by atoms with Crippen LogP contribution in [0.3, 0.4) is 0 Å². The van der Waals surface area contributed by atoms with Gasteiger partial charge >= 0.3 is 0 Å². The van der Waals surface area contributed by atoms with Crippen molar-refractivity contribution in [3.8, 4) is 0 Å². The number of benzene rings is 1. The fourth-order valence-electron chi connectivity index (χ4n) is 1.73. The maximum atomic E-state index is 12.0. The number of hydrogen-bond acceptors (Lipinski definition) is 2. The van der Waals surface area contributed by atoms with Gasteiger partial charge in [-0.3, -0.25) is 9.48 Å². The van der Waals surface area contributed by atoms with Crippen LogP contribution in [0.5, 0.6) is 0 Å². The molecule has 2 aromatic rings. The zero-order valence-electron chi connectivity index (χ0n) is 10.8. The lowest BCUT2D eigenvalue weighted by Crippen LogP contribution is -2.26. The van der Waals surface area contributed by atoms with Crippen LogP contribution in [0, 0.1) is 6.92 Å². The first-order valence-corrected chi connectivity index (χ1v) is 5.92. The monoisotopic (exact) mass is 243 g/mol. The predicted molar refractivity (Wildman–Crippen MR) is 70.3 cm³/mol. The molecule has 2 rings (SSSR count). The second-order valence-electron chi connectivity index (χ2n) is 4.51. The van der Waals surface area contributed by atoms with E-state index in [-0.39, 0.29) is 11.9 Å². The molecule has 18 heavy (non-hydrogen) atoms. The lowest BCUT2D eigenvalue weighted by atomic mass is 10.1. The van der Waals surface area contributed by atoms with Gasteiger partial charge in [-0.05, 0) is 26.0 Å². The summed E-state index contributed by atoms with van der Waals surface area (Å²) in [6.45, 7) is 3.95. The van der Waals surface area contributed by atoms with Crippen molar-refractivity contribution in [2.45, 2.75) is 19.9 Å². The van der Waals surface area contributed by atoms with Gasteiger partial charge in [0.15, 0.2) is 0 Å². The van der Waals surface area contributed by atoms with Gasteiger partial charge in [0.2, 0.25) is 0 Å². The van der Waals surface area contributed by atoms with Crippen LogP contribution in [0.1, 0.15) is 34.5 Å². The number of carbonyl (C=O) groups is 1. The average molecular weight is 243 g/mol. The van der Waals surface area contributed by atoms with Crippen LogP contribution in [0.15, 0.2) is 36.7 Å². The molecule has 0 aliphatic carbocycles. The number of nitrogens with zero attached hydrogens (tertiary/aromatic N) is 2. The van der Waals surface area contributed by atoms with E-state index in [4.69, 9.17) is 0 Å². The first kappa shape index (κ1) is 12.4. The van der Waals surface area contributed by atoms with Crippen LogP contribution < -0.4 is 5.32 Å². The van der Waals surface area contributed by atoms with Gasteiger partial charge in [0.05, 0.1) is 12.2 Å². The van der Waals surface area contributed by atoms with Crippen LogP contribution in [0.2, 0.25) is 0 Å². The minimum absolute atomic E-state index is 0.0486. The first-order chi connectivity index (χ1) is 8.56. The summed E-state index contributed by atoms with van der Waals surface area (Å²) < 4.78 is 1.73. The van der Waals surface area contributed by atoms with Crippen LogP contribution in [-0.2, 0) is 7.05 Å². The largest absolute Gasteiger partial charge is 0.345 e. The highest BCUT2D eigenvalue weighted by molar-refractivity contribution is 5.94. The number of aryl methyl sites for hydroxylation is 2. The summed E-state index contributed by atoms with van der Waals surface area (Å²) in [4.78, 5) is 12.0. The van der Waals surface area contributed by atoms with Crippen molar-refractivity contribution in [1.29, 1.82) is 0 Å². The average Bonchev–Trinajstić information content (AvgIpc) is 2.76. The Kier molecular flexibility index (Phi) is 3.46. The maximum absolute atomic E-state index is 12.0. The zero-order valence-corrected chi connectivity index (χ0v) is 10.8. The van der Waals surface area contributed by atoms with Crippen molar-refractivity contribution in [3.63, 3.8) is 0 Å². The highest BCUT2D eigenvalue weighted by Crippen LogP contribution is 2.12. The second kappa shape index (κ2) is 5.04. The van der Waals surface area contributed by atoms with Gasteiger partial charge in [-0.15, -0.1) is 0 Å². The number of aromatic nitrogens is 2. The quantitative estimate of drug-likeness (QED) is 0.898. The van der Waals surface area contributed by atoms with Gasteiger partial charge in [-0.2, -0.15) is 5.10 Å². The molecule has 1 unspecified atom stereocenters. The third-order valence-corrected chi connectivity index (χ3v) is 2.89. The molecule has 0 fully saturated rings. The molecule has 1 heterocycles. The fraction of sp³-hybridized carbons (Fsp3) is 0.286. The maximum Gasteiger partial charge on any atom is 0.251 e. The molecule has 0 bridgehead atoms. The first-order valence-electron chi connectivity index (χ1n) is 5.92. The van der Waals surface area contributed by atoms with Crippen molar-refractivity contribution in [2.75, 3.05) is 0 Å². The summed E-state index contributed by atoms with van der Waals surface area (Å²) in [6, 6.07) is 7.49. The molecule has 1 aromatic carbocycles. The van der Waals surface area contributed by atoms with E-state index in [1.165, 1.54) is 0 Å². The second-order valence-corrected chi connectivity index (χ2v) is 4.51. The Morgan fingerprint density at radius 1 is 1.33 bits per heavy atom. The van der Waals surface area contributed by atoms with E-state index in [2.05, 4.69) is 10.4 Å². The van der Waals surface area contributed by atoms with Crippen molar-refractivity contribution in [1.82, 2.24) is 15.1 Å². The molecule has 0 aliphatic rings. The summed E-state index contributed by atoms with van der Waals surface area (Å²) in [7, 11) is 1.86. The lowest BCUT2D eigenvalue weighted by molar-refractivity contribution is 0.0940. The molecule has 4 heteroatoms. The number of nitrogens with one attached hydrogen (secondary N) is 1. The Balaban J connectivity index is 2.05. The normalized spacial score (nSPS) is 12.2. The Labute approximate surface area is 107 Å². The predicted octanol–water partition coefficient (Wildman–Crippen LogP) is 2.22. The van der Waals surface area contributed by atoms with E-state index in [1.54, 1.807) is 10.9 Å². The smallest absolute Gasteiger partial charge is 0.251 e. The zero-order chi connectivity index (χ0) is 13.1. The van der Waals surface area contributed by atoms with Crippen molar-refractivity contribution in [3.05, 3.63) is 53.3 Å². The SMILES string of the molecule is Cc1ccc(C(=O)NC(C)c2cnn(C)c2)cc1. The Bertz CT molecular complexity index is 542. The standard InChI is InChI=1S/C14H17N3O/c1-10-4-6-12(7-5-10)14(18)16-11(2)13-8-15-17(3)9-13/h4-9,11H,1-3H3,(H,16,18). The van der Waals surface area contributed by atoms with E-state index in [1.807, 2.05) is 51.4 Å².